The van der Waals surface area contributed by atoms with Crippen molar-refractivity contribution in [2.24, 2.45) is 0 Å². The van der Waals surface area contributed by atoms with E-state index >= 15 is 0 Å². The lowest BCUT2D eigenvalue weighted by Gasteiger charge is -2.07. The highest BCUT2D eigenvalue weighted by Gasteiger charge is 2.18. The molecule has 2 aromatic heterocycles. The van der Waals surface area contributed by atoms with Gasteiger partial charge in [0.25, 0.3) is 0 Å². The van der Waals surface area contributed by atoms with Gasteiger partial charge in [-0.1, -0.05) is 110 Å². The van der Waals surface area contributed by atoms with Crippen LogP contribution in [0.5, 0.6) is 0 Å². The first-order chi connectivity index (χ1) is 17.8. The van der Waals surface area contributed by atoms with E-state index < -0.39 is 0 Å². The van der Waals surface area contributed by atoms with Gasteiger partial charge in [-0.2, -0.15) is 0 Å². The maximum Gasteiger partial charge on any atom is 0.0489 e. The average Bonchev–Trinajstić information content (AvgIpc) is 3.47. The molecule has 0 aliphatic heterocycles. The van der Waals surface area contributed by atoms with E-state index in [0.29, 0.717) is 0 Å². The normalized spacial score (nSPS) is 11.2. The lowest BCUT2D eigenvalue weighted by atomic mass is 9.96. The maximum atomic E-state index is 2.40. The van der Waals surface area contributed by atoms with Crippen LogP contribution in [0.1, 0.15) is 35.6 Å². The molecule has 0 saturated heterocycles. The van der Waals surface area contributed by atoms with Crippen LogP contribution in [-0.4, -0.2) is 9.13 Å². The van der Waals surface area contributed by atoms with Crippen LogP contribution in [0, 0.1) is 0 Å². The molecule has 0 atom stereocenters. The summed E-state index contributed by atoms with van der Waals surface area (Å²) in [5, 5.41) is 2.60. The minimum Gasteiger partial charge on any atom is -0.342 e. The molecule has 0 unspecified atom stereocenters. The molecule has 0 aliphatic carbocycles. The second kappa shape index (κ2) is 9.75. The second-order valence-electron chi connectivity index (χ2n) is 9.37. The Balaban J connectivity index is 1.51. The number of rotatable bonds is 7. The van der Waals surface area contributed by atoms with E-state index in [0.717, 1.165) is 19.5 Å². The van der Waals surface area contributed by atoms with Crippen LogP contribution in [0.4, 0.5) is 0 Å². The van der Waals surface area contributed by atoms with Gasteiger partial charge >= 0.3 is 0 Å². The van der Waals surface area contributed by atoms with E-state index in [1.807, 2.05) is 0 Å². The van der Waals surface area contributed by atoms with E-state index in [1.165, 1.54) is 49.6 Å². The standard InChI is InChI=1S/C34H30N2/c1-2-13-28(31-24-35(22-26-14-5-3-6-15-26)33-20-11-9-18-29(31)33)32-25-36(23-27-16-7-4-8-17-27)34-21-12-10-19-30(32)34/h3-21,24-25H,2,22-23H2,1H3. The molecule has 2 heterocycles. The first kappa shape index (κ1) is 22.2. The van der Waals surface area contributed by atoms with E-state index in [-0.39, 0.29) is 0 Å². The van der Waals surface area contributed by atoms with Gasteiger partial charge in [-0.05, 0) is 35.3 Å². The summed E-state index contributed by atoms with van der Waals surface area (Å²) in [6.45, 7) is 3.94. The third-order valence-electron chi connectivity index (χ3n) is 6.96. The molecule has 2 nitrogen and oxygen atoms in total. The predicted molar refractivity (Wildman–Crippen MR) is 152 cm³/mol. The molecule has 0 bridgehead atoms. The summed E-state index contributed by atoms with van der Waals surface area (Å²) in [7, 11) is 0. The van der Waals surface area contributed by atoms with Gasteiger partial charge in [-0.15, -0.1) is 0 Å². The zero-order chi connectivity index (χ0) is 24.3. The van der Waals surface area contributed by atoms with Gasteiger partial charge in [0, 0.05) is 58.4 Å². The Kier molecular flexibility index (Phi) is 6.01. The Morgan fingerprint density at radius 1 is 0.556 bits per heavy atom. The van der Waals surface area contributed by atoms with Crippen molar-refractivity contribution in [2.75, 3.05) is 0 Å². The smallest absolute Gasteiger partial charge is 0.0489 e. The fraction of sp³-hybridized carbons (Fsp3) is 0.118. The SMILES string of the molecule is CCC=C(c1cn(Cc2ccccc2)c2ccccc12)c1cn(Cc2ccccc2)c2ccccc12. The third-order valence-corrected chi connectivity index (χ3v) is 6.96. The summed E-state index contributed by atoms with van der Waals surface area (Å²) < 4.78 is 4.79. The lowest BCUT2D eigenvalue weighted by Crippen LogP contribution is -1.97. The molecule has 4 aromatic carbocycles. The largest absolute Gasteiger partial charge is 0.342 e. The number of benzene rings is 4. The maximum absolute atomic E-state index is 2.40. The Morgan fingerprint density at radius 3 is 1.42 bits per heavy atom. The number of nitrogens with zero attached hydrogens (tertiary/aromatic N) is 2. The summed E-state index contributed by atoms with van der Waals surface area (Å²) in [5.74, 6) is 0. The van der Waals surface area contributed by atoms with E-state index in [1.54, 1.807) is 0 Å². The first-order valence-corrected chi connectivity index (χ1v) is 12.8. The minimum atomic E-state index is 0.858. The Labute approximate surface area is 212 Å². The Hall–Kier alpha value is -4.30. The topological polar surface area (TPSA) is 9.86 Å². The minimum absolute atomic E-state index is 0.858. The van der Waals surface area contributed by atoms with Crippen molar-refractivity contribution in [3.8, 4) is 0 Å². The molecule has 0 aliphatic rings. The number of aromatic nitrogens is 2. The fourth-order valence-electron chi connectivity index (χ4n) is 5.31. The van der Waals surface area contributed by atoms with E-state index in [4.69, 9.17) is 0 Å². The summed E-state index contributed by atoms with van der Waals surface area (Å²) in [6.07, 6.45) is 8.07. The molecule has 6 aromatic rings. The average molecular weight is 467 g/mol. The highest BCUT2D eigenvalue weighted by atomic mass is 15.0. The summed E-state index contributed by atoms with van der Waals surface area (Å²) in [4.78, 5) is 0. The summed E-state index contributed by atoms with van der Waals surface area (Å²) in [5.41, 5.74) is 9.06. The number of para-hydroxylation sites is 2. The fourth-order valence-corrected chi connectivity index (χ4v) is 5.31. The van der Waals surface area contributed by atoms with Crippen LogP contribution >= 0.6 is 0 Å². The van der Waals surface area contributed by atoms with Crippen LogP contribution in [-0.2, 0) is 13.1 Å². The van der Waals surface area contributed by atoms with Crippen molar-refractivity contribution < 1.29 is 0 Å². The highest BCUT2D eigenvalue weighted by Crippen LogP contribution is 2.37. The molecule has 176 valence electrons. The number of allylic oxidation sites excluding steroid dienone is 1. The van der Waals surface area contributed by atoms with Gasteiger partial charge in [0.15, 0.2) is 0 Å². The van der Waals surface area contributed by atoms with Crippen molar-refractivity contribution in [1.29, 1.82) is 0 Å². The number of fused-ring (bicyclic) bond motifs is 2. The molecule has 2 heteroatoms. The van der Waals surface area contributed by atoms with E-state index in [9.17, 15) is 0 Å². The van der Waals surface area contributed by atoms with Gasteiger partial charge in [0.05, 0.1) is 0 Å². The van der Waals surface area contributed by atoms with Gasteiger partial charge in [-0.3, -0.25) is 0 Å². The molecule has 0 radical (unpaired) electrons. The lowest BCUT2D eigenvalue weighted by molar-refractivity contribution is 0.834. The van der Waals surface area contributed by atoms with Crippen molar-refractivity contribution in [2.45, 2.75) is 26.4 Å². The van der Waals surface area contributed by atoms with Crippen LogP contribution in [0.2, 0.25) is 0 Å². The molecular formula is C34H30N2. The molecule has 0 amide bonds. The predicted octanol–water partition coefficient (Wildman–Crippen LogP) is 8.53. The van der Waals surface area contributed by atoms with Crippen LogP contribution in [0.25, 0.3) is 27.4 Å². The van der Waals surface area contributed by atoms with Crippen LogP contribution in [0.15, 0.2) is 128 Å². The molecule has 6 rings (SSSR count). The zero-order valence-corrected chi connectivity index (χ0v) is 20.6. The van der Waals surface area contributed by atoms with Crippen molar-refractivity contribution >= 4 is 27.4 Å². The van der Waals surface area contributed by atoms with Gasteiger partial charge in [0.2, 0.25) is 0 Å². The first-order valence-electron chi connectivity index (χ1n) is 12.8. The third kappa shape index (κ3) is 4.16. The Bertz CT molecular complexity index is 1530. The summed E-state index contributed by atoms with van der Waals surface area (Å²) in [6, 6.07) is 39.0. The van der Waals surface area contributed by atoms with Gasteiger partial charge in [-0.25, -0.2) is 0 Å². The molecule has 36 heavy (non-hydrogen) atoms. The molecule has 0 fully saturated rings. The Morgan fingerprint density at radius 2 is 0.972 bits per heavy atom. The van der Waals surface area contributed by atoms with Crippen molar-refractivity contribution in [1.82, 2.24) is 9.13 Å². The van der Waals surface area contributed by atoms with Crippen molar-refractivity contribution in [3.05, 3.63) is 150 Å². The zero-order valence-electron chi connectivity index (χ0n) is 20.6. The second-order valence-corrected chi connectivity index (χ2v) is 9.37. The highest BCUT2D eigenvalue weighted by molar-refractivity contribution is 6.03. The van der Waals surface area contributed by atoms with Crippen LogP contribution < -0.4 is 0 Å². The quantitative estimate of drug-likeness (QED) is 0.223. The molecule has 0 spiro atoms. The molecule has 0 N–H and O–H groups in total. The number of hydrogen-bond donors (Lipinski definition) is 0. The molecular weight excluding hydrogens is 436 g/mol. The van der Waals surface area contributed by atoms with Crippen LogP contribution in [0.3, 0.4) is 0 Å². The monoisotopic (exact) mass is 466 g/mol. The van der Waals surface area contributed by atoms with Crippen molar-refractivity contribution in [3.63, 3.8) is 0 Å². The number of hydrogen-bond acceptors (Lipinski definition) is 0. The molecule has 0 saturated carbocycles. The van der Waals surface area contributed by atoms with Gasteiger partial charge < -0.3 is 9.13 Å². The van der Waals surface area contributed by atoms with E-state index in [2.05, 4.69) is 144 Å². The van der Waals surface area contributed by atoms with Gasteiger partial charge in [0.1, 0.15) is 0 Å². The summed E-state index contributed by atoms with van der Waals surface area (Å²) >= 11 is 0.